The summed E-state index contributed by atoms with van der Waals surface area (Å²) in [7, 11) is 2.87. The Hall–Kier alpha value is -3.02. The Morgan fingerprint density at radius 1 is 1.17 bits per heavy atom. The quantitative estimate of drug-likeness (QED) is 0.617. The van der Waals surface area contributed by atoms with Crippen LogP contribution in [0.15, 0.2) is 40.3 Å². The molecule has 0 aliphatic carbocycles. The molecule has 0 bridgehead atoms. The Morgan fingerprint density at radius 3 is 2.37 bits per heavy atom. The van der Waals surface area contributed by atoms with Gasteiger partial charge in [-0.1, -0.05) is 30.0 Å². The van der Waals surface area contributed by atoms with Gasteiger partial charge in [0.15, 0.2) is 5.16 Å². The number of hydrogen-bond acceptors (Lipinski definition) is 5. The molecule has 3 aromatic rings. The third-order valence-corrected chi connectivity index (χ3v) is 5.68. The smallest absolute Gasteiger partial charge is 0.319 e. The second-order valence-corrected chi connectivity index (χ2v) is 7.86. The Labute approximate surface area is 173 Å². The molecule has 1 N–H and O–H groups in total. The monoisotopic (exact) mass is 440 g/mol. The maximum absolute atomic E-state index is 12.9. The molecule has 0 aliphatic heterocycles. The molecule has 0 spiro atoms. The SMILES string of the molecule is Cc1c(NC(=O)[C@@H](C)Sc2nnc(C(F)(F)F)n2C)c(=O)n(-c2ccccc2)n1C. The first kappa shape index (κ1) is 21.7. The van der Waals surface area contributed by atoms with Gasteiger partial charge in [-0.05, 0) is 26.0 Å². The van der Waals surface area contributed by atoms with E-state index in [0.717, 1.165) is 16.3 Å². The standard InChI is InChI=1S/C18H19F3N6O2S/c1-10-13(15(29)27(26(10)4)12-8-6-5-7-9-12)22-14(28)11(2)30-17-24-23-16(25(17)3)18(19,20)21/h5-9,11H,1-4H3,(H,22,28)/t11-/m1/s1. The van der Waals surface area contributed by atoms with Crippen molar-refractivity contribution in [1.82, 2.24) is 24.1 Å². The van der Waals surface area contributed by atoms with Gasteiger partial charge in [0.05, 0.1) is 16.6 Å². The summed E-state index contributed by atoms with van der Waals surface area (Å²) in [6.07, 6.45) is -4.64. The van der Waals surface area contributed by atoms with Crippen molar-refractivity contribution in [2.75, 3.05) is 5.32 Å². The van der Waals surface area contributed by atoms with Crippen LogP contribution in [0.1, 0.15) is 18.4 Å². The van der Waals surface area contributed by atoms with Crippen LogP contribution in [0.5, 0.6) is 0 Å². The molecule has 0 radical (unpaired) electrons. The number of benzene rings is 1. The average Bonchev–Trinajstić information content (AvgIpc) is 3.15. The predicted molar refractivity (Wildman–Crippen MR) is 106 cm³/mol. The number of alkyl halides is 3. The lowest BCUT2D eigenvalue weighted by atomic mass is 10.3. The molecule has 0 aliphatic rings. The van der Waals surface area contributed by atoms with E-state index >= 15 is 0 Å². The van der Waals surface area contributed by atoms with E-state index in [9.17, 15) is 22.8 Å². The summed E-state index contributed by atoms with van der Waals surface area (Å²) >= 11 is 0.815. The molecule has 12 heteroatoms. The molecule has 1 aromatic carbocycles. The fourth-order valence-corrected chi connectivity index (χ4v) is 3.63. The van der Waals surface area contributed by atoms with E-state index < -0.39 is 28.7 Å². The van der Waals surface area contributed by atoms with E-state index in [0.29, 0.717) is 11.4 Å². The number of aromatic nitrogens is 5. The minimum absolute atomic E-state index is 0.0588. The minimum Gasteiger partial charge on any atom is -0.319 e. The molecular weight excluding hydrogens is 421 g/mol. The topological polar surface area (TPSA) is 86.7 Å². The van der Waals surface area contributed by atoms with Gasteiger partial charge in [0.2, 0.25) is 11.7 Å². The van der Waals surface area contributed by atoms with Crippen molar-refractivity contribution in [3.63, 3.8) is 0 Å². The van der Waals surface area contributed by atoms with Crippen molar-refractivity contribution in [3.05, 3.63) is 52.2 Å². The molecule has 0 fully saturated rings. The van der Waals surface area contributed by atoms with E-state index in [4.69, 9.17) is 0 Å². The van der Waals surface area contributed by atoms with Crippen LogP contribution in [0, 0.1) is 6.92 Å². The van der Waals surface area contributed by atoms with Crippen LogP contribution in [0.3, 0.4) is 0 Å². The highest BCUT2D eigenvalue weighted by molar-refractivity contribution is 8.00. The normalized spacial score (nSPS) is 12.8. The Kier molecular flexibility index (Phi) is 5.79. The molecule has 0 saturated heterocycles. The lowest BCUT2D eigenvalue weighted by Gasteiger charge is -2.11. The molecule has 30 heavy (non-hydrogen) atoms. The van der Waals surface area contributed by atoms with Crippen LogP contribution in [-0.4, -0.2) is 35.3 Å². The van der Waals surface area contributed by atoms with Crippen molar-refractivity contribution >= 4 is 23.4 Å². The number of halogens is 3. The molecule has 8 nitrogen and oxygen atoms in total. The van der Waals surface area contributed by atoms with Gasteiger partial charge in [0, 0.05) is 14.1 Å². The van der Waals surface area contributed by atoms with Gasteiger partial charge in [-0.15, -0.1) is 10.2 Å². The van der Waals surface area contributed by atoms with E-state index in [1.165, 1.54) is 18.7 Å². The van der Waals surface area contributed by atoms with E-state index in [1.54, 1.807) is 42.9 Å². The molecular formula is C18H19F3N6O2S. The Balaban J connectivity index is 1.82. The molecule has 2 heterocycles. The Morgan fingerprint density at radius 2 is 1.80 bits per heavy atom. The van der Waals surface area contributed by atoms with E-state index in [-0.39, 0.29) is 10.8 Å². The molecule has 2 aromatic heterocycles. The number of carbonyl (C=O) groups is 1. The number of para-hydroxylation sites is 1. The highest BCUT2D eigenvalue weighted by Crippen LogP contribution is 2.31. The molecule has 0 unspecified atom stereocenters. The molecule has 3 rings (SSSR count). The van der Waals surface area contributed by atoms with Crippen molar-refractivity contribution in [1.29, 1.82) is 0 Å². The maximum Gasteiger partial charge on any atom is 0.451 e. The first-order valence-corrected chi connectivity index (χ1v) is 9.68. The number of nitrogens with zero attached hydrogens (tertiary/aromatic N) is 5. The van der Waals surface area contributed by atoms with Crippen molar-refractivity contribution in [3.8, 4) is 5.69 Å². The van der Waals surface area contributed by atoms with E-state index in [1.807, 2.05) is 6.07 Å². The number of hydrogen-bond donors (Lipinski definition) is 1. The summed E-state index contributed by atoms with van der Waals surface area (Å²) in [6.45, 7) is 3.20. The van der Waals surface area contributed by atoms with Gasteiger partial charge in [0.1, 0.15) is 5.69 Å². The highest BCUT2D eigenvalue weighted by atomic mass is 32.2. The van der Waals surface area contributed by atoms with Gasteiger partial charge in [0.25, 0.3) is 5.56 Å². The molecule has 1 atom stereocenters. The van der Waals surface area contributed by atoms with E-state index in [2.05, 4.69) is 15.5 Å². The third-order valence-electron chi connectivity index (χ3n) is 4.54. The van der Waals surface area contributed by atoms with Gasteiger partial charge >= 0.3 is 6.18 Å². The summed E-state index contributed by atoms with van der Waals surface area (Å²) in [6, 6.07) is 8.92. The van der Waals surface area contributed by atoms with Crippen molar-refractivity contribution in [2.24, 2.45) is 14.1 Å². The molecule has 0 saturated carbocycles. The van der Waals surface area contributed by atoms with Crippen LogP contribution >= 0.6 is 11.8 Å². The fraction of sp³-hybridized carbons (Fsp3) is 0.333. The van der Waals surface area contributed by atoms with Gasteiger partial charge in [-0.2, -0.15) is 13.2 Å². The zero-order valence-corrected chi connectivity index (χ0v) is 17.4. The lowest BCUT2D eigenvalue weighted by molar-refractivity contribution is -0.147. The third kappa shape index (κ3) is 3.99. The highest BCUT2D eigenvalue weighted by Gasteiger charge is 2.38. The number of rotatable bonds is 5. The summed E-state index contributed by atoms with van der Waals surface area (Å²) in [5.41, 5.74) is 0.861. The van der Waals surface area contributed by atoms with Gasteiger partial charge in [-0.25, -0.2) is 4.68 Å². The largest absolute Gasteiger partial charge is 0.451 e. The maximum atomic E-state index is 12.9. The van der Waals surface area contributed by atoms with Crippen molar-refractivity contribution < 1.29 is 18.0 Å². The average molecular weight is 440 g/mol. The summed E-state index contributed by atoms with van der Waals surface area (Å²) in [5, 5.41) is 8.36. The van der Waals surface area contributed by atoms with Crippen LogP contribution in [0.2, 0.25) is 0 Å². The van der Waals surface area contributed by atoms with Crippen LogP contribution in [0.25, 0.3) is 5.69 Å². The van der Waals surface area contributed by atoms with Gasteiger partial charge < -0.3 is 9.88 Å². The zero-order valence-electron chi connectivity index (χ0n) is 16.6. The Bertz CT molecular complexity index is 1130. The zero-order chi connectivity index (χ0) is 22.2. The van der Waals surface area contributed by atoms with Crippen LogP contribution in [-0.2, 0) is 25.1 Å². The predicted octanol–water partition coefficient (Wildman–Crippen LogP) is 2.75. The fourth-order valence-electron chi connectivity index (χ4n) is 2.81. The summed E-state index contributed by atoms with van der Waals surface area (Å²) in [4.78, 5) is 25.5. The number of carbonyl (C=O) groups excluding carboxylic acids is 1. The second kappa shape index (κ2) is 8.01. The summed E-state index contributed by atoms with van der Waals surface area (Å²) in [5.74, 6) is -1.69. The number of nitrogens with one attached hydrogen (secondary N) is 1. The second-order valence-electron chi connectivity index (χ2n) is 6.55. The first-order valence-electron chi connectivity index (χ1n) is 8.80. The number of thioether (sulfide) groups is 1. The first-order chi connectivity index (χ1) is 14.0. The summed E-state index contributed by atoms with van der Waals surface area (Å²) < 4.78 is 42.4. The van der Waals surface area contributed by atoms with Crippen molar-refractivity contribution in [2.45, 2.75) is 30.4 Å². The molecule has 160 valence electrons. The number of anilines is 1. The minimum atomic E-state index is -4.64. The molecule has 1 amide bonds. The van der Waals surface area contributed by atoms with Crippen LogP contribution < -0.4 is 10.9 Å². The van der Waals surface area contributed by atoms with Gasteiger partial charge in [-0.3, -0.25) is 14.3 Å². The lowest BCUT2D eigenvalue weighted by Crippen LogP contribution is -2.27. The number of amides is 1. The van der Waals surface area contributed by atoms with Crippen LogP contribution in [0.4, 0.5) is 18.9 Å².